The zero-order valence-electron chi connectivity index (χ0n) is 37.7. The minimum absolute atomic E-state index is 0.914. The van der Waals surface area contributed by atoms with Gasteiger partial charge in [0.25, 0.3) is 0 Å². The molecule has 13 aromatic rings. The zero-order chi connectivity index (χ0) is 45.7. The maximum Gasteiger partial charge on any atom is 0.135 e. The van der Waals surface area contributed by atoms with Gasteiger partial charge in [0, 0.05) is 44.3 Å². The second kappa shape index (κ2) is 16.9. The summed E-state index contributed by atoms with van der Waals surface area (Å²) < 4.78 is 8.49. The van der Waals surface area contributed by atoms with Crippen molar-refractivity contribution in [2.24, 2.45) is 0 Å². The smallest absolute Gasteiger partial charge is 0.135 e. The van der Waals surface area contributed by atoms with E-state index in [1.165, 1.54) is 71.9 Å². The fraction of sp³-hybridized carbons (Fsp3) is 0. The van der Waals surface area contributed by atoms with Gasteiger partial charge in [0.1, 0.15) is 11.2 Å². The van der Waals surface area contributed by atoms with Crippen molar-refractivity contribution in [3.05, 3.63) is 267 Å². The van der Waals surface area contributed by atoms with Crippen LogP contribution >= 0.6 is 0 Å². The van der Waals surface area contributed by atoms with Crippen molar-refractivity contribution in [2.45, 2.75) is 0 Å². The molecule has 0 N–H and O–H groups in total. The van der Waals surface area contributed by atoms with Crippen LogP contribution < -0.4 is 4.90 Å². The van der Waals surface area contributed by atoms with Crippen molar-refractivity contribution >= 4 is 60.8 Å². The molecule has 2 heterocycles. The van der Waals surface area contributed by atoms with Gasteiger partial charge in [0.05, 0.1) is 11.0 Å². The van der Waals surface area contributed by atoms with E-state index in [9.17, 15) is 0 Å². The van der Waals surface area contributed by atoms with Crippen molar-refractivity contribution < 1.29 is 4.42 Å². The van der Waals surface area contributed by atoms with Gasteiger partial charge in [-0.25, -0.2) is 0 Å². The molecule has 3 nitrogen and oxygen atoms in total. The normalized spacial score (nSPS) is 11.5. The Labute approximate surface area is 401 Å². The molecular formula is C66H44N2O. The molecule has 0 saturated carbocycles. The summed E-state index contributed by atoms with van der Waals surface area (Å²) in [7, 11) is 0. The third-order valence-electron chi connectivity index (χ3n) is 13.7. The first-order valence-corrected chi connectivity index (χ1v) is 23.6. The van der Waals surface area contributed by atoms with E-state index in [2.05, 4.69) is 264 Å². The summed E-state index contributed by atoms with van der Waals surface area (Å²) in [6, 6.07) is 96.1. The van der Waals surface area contributed by atoms with Gasteiger partial charge in [0.15, 0.2) is 0 Å². The van der Waals surface area contributed by atoms with Crippen LogP contribution in [0.1, 0.15) is 0 Å². The van der Waals surface area contributed by atoms with E-state index in [1.807, 2.05) is 12.1 Å². The van der Waals surface area contributed by atoms with Gasteiger partial charge >= 0.3 is 0 Å². The monoisotopic (exact) mass is 880 g/mol. The van der Waals surface area contributed by atoms with Crippen molar-refractivity contribution in [3.63, 3.8) is 0 Å². The predicted molar refractivity (Wildman–Crippen MR) is 290 cm³/mol. The topological polar surface area (TPSA) is 21.3 Å². The van der Waals surface area contributed by atoms with Crippen LogP contribution in [-0.4, -0.2) is 4.57 Å². The molecule has 3 heteroatoms. The first-order valence-electron chi connectivity index (χ1n) is 23.6. The molecule has 0 aliphatic rings. The summed E-state index contributed by atoms with van der Waals surface area (Å²) in [5.41, 5.74) is 20.5. The second-order valence-electron chi connectivity index (χ2n) is 17.7. The highest BCUT2D eigenvalue weighted by Gasteiger charge is 2.17. The van der Waals surface area contributed by atoms with Gasteiger partial charge in [0.2, 0.25) is 0 Å². The van der Waals surface area contributed by atoms with Crippen LogP contribution in [0.25, 0.3) is 105 Å². The molecule has 0 saturated heterocycles. The van der Waals surface area contributed by atoms with E-state index in [-0.39, 0.29) is 0 Å². The highest BCUT2D eigenvalue weighted by molar-refractivity contribution is 6.11. The van der Waals surface area contributed by atoms with E-state index in [0.29, 0.717) is 0 Å². The lowest BCUT2D eigenvalue weighted by Gasteiger charge is -2.26. The minimum atomic E-state index is 0.914. The minimum Gasteiger partial charge on any atom is -0.456 e. The molecule has 0 atom stereocenters. The lowest BCUT2D eigenvalue weighted by molar-refractivity contribution is 0.669. The molecule has 11 aromatic carbocycles. The van der Waals surface area contributed by atoms with Gasteiger partial charge < -0.3 is 13.9 Å². The SMILES string of the molecule is c1ccc(-c2ccc(N(c3ccc(-c4ccccc4)cc3)c3ccc(-c4ccc(-n5c6ccccc6c6cc(-c7ccc(-c8ccc9oc%10ccccc%10c9c8)cc7)ccc65)cc4)cc3)cc2)cc1. The number of benzene rings is 11. The average molecular weight is 881 g/mol. The third-order valence-corrected chi connectivity index (χ3v) is 13.7. The van der Waals surface area contributed by atoms with Crippen LogP contribution in [0, 0.1) is 0 Å². The molecule has 2 aromatic heterocycles. The predicted octanol–water partition coefficient (Wildman–Crippen LogP) is 18.5. The maximum atomic E-state index is 6.09. The quantitative estimate of drug-likeness (QED) is 0.144. The molecule has 0 bridgehead atoms. The standard InChI is InChI=1S/C66H44N2O/c1-3-11-45(12-4-1)47-23-33-55(34-24-47)67(56-35-25-48(26-36-56)46-13-5-2-6-14-46)57-37-27-49(28-38-57)50-29-39-58(40-30-50)68-63-17-9-7-15-59(63)61-43-53(31-41-64(61)68)51-19-21-52(22-20-51)54-32-42-66-62(44-54)60-16-8-10-18-65(60)69-66/h1-44H. The number of hydrogen-bond donors (Lipinski definition) is 0. The fourth-order valence-electron chi connectivity index (χ4n) is 10.1. The summed E-state index contributed by atoms with van der Waals surface area (Å²) in [6.45, 7) is 0. The van der Waals surface area contributed by atoms with E-state index < -0.39 is 0 Å². The van der Waals surface area contributed by atoms with Gasteiger partial charge in [-0.15, -0.1) is 0 Å². The number of anilines is 3. The highest BCUT2D eigenvalue weighted by atomic mass is 16.3. The van der Waals surface area contributed by atoms with Crippen LogP contribution in [0.4, 0.5) is 17.1 Å². The van der Waals surface area contributed by atoms with Crippen LogP contribution in [0.3, 0.4) is 0 Å². The Morgan fingerprint density at radius 3 is 1.16 bits per heavy atom. The fourth-order valence-corrected chi connectivity index (χ4v) is 10.1. The summed E-state index contributed by atoms with van der Waals surface area (Å²) in [5, 5.41) is 4.76. The number of aromatic nitrogens is 1. The molecule has 0 aliphatic carbocycles. The van der Waals surface area contributed by atoms with Gasteiger partial charge in [-0.2, -0.15) is 0 Å². The summed E-state index contributed by atoms with van der Waals surface area (Å²) in [6.07, 6.45) is 0. The Hall–Kier alpha value is -9.18. The summed E-state index contributed by atoms with van der Waals surface area (Å²) in [5.74, 6) is 0. The van der Waals surface area contributed by atoms with Crippen molar-refractivity contribution in [3.8, 4) is 61.3 Å². The Balaban J connectivity index is 0.791. The van der Waals surface area contributed by atoms with Gasteiger partial charge in [-0.05, 0) is 141 Å². The molecule has 69 heavy (non-hydrogen) atoms. The molecule has 0 aliphatic heterocycles. The van der Waals surface area contributed by atoms with Crippen LogP contribution in [0.2, 0.25) is 0 Å². The Bertz CT molecular complexity index is 3860. The van der Waals surface area contributed by atoms with Crippen LogP contribution in [0.5, 0.6) is 0 Å². The molecule has 0 fully saturated rings. The van der Waals surface area contributed by atoms with Gasteiger partial charge in [-0.1, -0.05) is 182 Å². The van der Waals surface area contributed by atoms with Crippen molar-refractivity contribution in [2.75, 3.05) is 4.90 Å². The number of nitrogens with zero attached hydrogens (tertiary/aromatic N) is 2. The number of rotatable bonds is 9. The summed E-state index contributed by atoms with van der Waals surface area (Å²) in [4.78, 5) is 2.34. The summed E-state index contributed by atoms with van der Waals surface area (Å²) >= 11 is 0. The first-order chi connectivity index (χ1) is 34.2. The number of hydrogen-bond acceptors (Lipinski definition) is 2. The van der Waals surface area contributed by atoms with Crippen LogP contribution in [-0.2, 0) is 0 Å². The third kappa shape index (κ3) is 7.34. The lowest BCUT2D eigenvalue weighted by atomic mass is 9.98. The largest absolute Gasteiger partial charge is 0.456 e. The molecule has 0 amide bonds. The molecule has 0 radical (unpaired) electrons. The lowest BCUT2D eigenvalue weighted by Crippen LogP contribution is -2.09. The molecular weight excluding hydrogens is 837 g/mol. The first kappa shape index (κ1) is 40.1. The second-order valence-corrected chi connectivity index (χ2v) is 17.7. The van der Waals surface area contributed by atoms with E-state index in [0.717, 1.165) is 50.3 Å². The Morgan fingerprint density at radius 1 is 0.246 bits per heavy atom. The molecule has 0 unspecified atom stereocenters. The molecule has 13 rings (SSSR count). The zero-order valence-corrected chi connectivity index (χ0v) is 37.7. The van der Waals surface area contributed by atoms with Crippen molar-refractivity contribution in [1.82, 2.24) is 4.57 Å². The average Bonchev–Trinajstić information content (AvgIpc) is 3.97. The number of fused-ring (bicyclic) bond motifs is 6. The maximum absolute atomic E-state index is 6.09. The van der Waals surface area contributed by atoms with Crippen molar-refractivity contribution in [1.29, 1.82) is 0 Å². The Kier molecular flexibility index (Phi) is 9.84. The number of para-hydroxylation sites is 2. The van der Waals surface area contributed by atoms with E-state index in [1.54, 1.807) is 0 Å². The van der Waals surface area contributed by atoms with E-state index in [4.69, 9.17) is 4.42 Å². The molecule has 324 valence electrons. The Morgan fingerprint density at radius 2 is 0.609 bits per heavy atom. The molecule has 0 spiro atoms. The number of furan rings is 1. The van der Waals surface area contributed by atoms with Crippen LogP contribution in [0.15, 0.2) is 271 Å². The highest BCUT2D eigenvalue weighted by Crippen LogP contribution is 2.40. The van der Waals surface area contributed by atoms with Gasteiger partial charge in [-0.3, -0.25) is 0 Å². The van der Waals surface area contributed by atoms with E-state index >= 15 is 0 Å².